The van der Waals surface area contributed by atoms with Crippen molar-refractivity contribution in [3.05, 3.63) is 0 Å². The molecule has 3 unspecified atom stereocenters. The Bertz CT molecular complexity index is 239. The van der Waals surface area contributed by atoms with Crippen LogP contribution in [0, 0.1) is 0 Å². The zero-order valence-corrected chi connectivity index (χ0v) is 12.1. The van der Waals surface area contributed by atoms with E-state index in [1.807, 2.05) is 0 Å². The lowest BCUT2D eigenvalue weighted by Crippen LogP contribution is -2.39. The van der Waals surface area contributed by atoms with Crippen LogP contribution in [-0.2, 0) is 13.7 Å². The fourth-order valence-electron chi connectivity index (χ4n) is 0.304. The van der Waals surface area contributed by atoms with Crippen LogP contribution in [0.4, 0.5) is 0 Å². The second kappa shape index (κ2) is 5.01. The van der Waals surface area contributed by atoms with Crippen molar-refractivity contribution >= 4 is 64.1 Å². The number of alkyl halides is 3. The predicted octanol–water partition coefficient (Wildman–Crippen LogP) is 1.87. The van der Waals surface area contributed by atoms with E-state index in [1.54, 1.807) is 0 Å². The number of hydrogen-bond donors (Lipinski definition) is 3. The third-order valence-corrected chi connectivity index (χ3v) is 4.88. The Morgan fingerprint density at radius 1 is 1.15 bits per heavy atom. The van der Waals surface area contributed by atoms with Crippen LogP contribution < -0.4 is 0 Å². The van der Waals surface area contributed by atoms with E-state index in [4.69, 9.17) is 9.79 Å². The van der Waals surface area contributed by atoms with Crippen LogP contribution in [-0.4, -0.2) is 22.6 Å². The molecule has 0 bridgehead atoms. The molecule has 0 aromatic heterocycles. The second-order valence-corrected chi connectivity index (χ2v) is 10.3. The standard InChI is InChI=1S/C2HBr3O6P2/c3-1(4,5)2(6,12(7)8)11-13(9)10/h6H/p+2. The summed E-state index contributed by atoms with van der Waals surface area (Å²) in [6, 6.07) is 0. The third kappa shape index (κ3) is 3.85. The minimum atomic E-state index is -3.27. The monoisotopic (exact) mass is 422 g/mol. The normalized spacial score (nSPS) is 19.2. The zero-order chi connectivity index (χ0) is 10.9. The van der Waals surface area contributed by atoms with Crippen LogP contribution >= 0.6 is 64.1 Å². The highest BCUT2D eigenvalue weighted by Crippen LogP contribution is 2.57. The van der Waals surface area contributed by atoms with E-state index < -0.39 is 24.0 Å². The SMILES string of the molecule is O=[P+](O)OC(O)([P+](=O)O)C(Br)(Br)Br. The summed E-state index contributed by atoms with van der Waals surface area (Å²) in [5, 5.41) is 9.36. The summed E-state index contributed by atoms with van der Waals surface area (Å²) in [6.45, 7) is 0. The van der Waals surface area contributed by atoms with Gasteiger partial charge in [0, 0.05) is 4.57 Å². The molecule has 0 saturated heterocycles. The van der Waals surface area contributed by atoms with Gasteiger partial charge in [-0.1, -0.05) is 0 Å². The van der Waals surface area contributed by atoms with Gasteiger partial charge >= 0.3 is 21.8 Å². The molecule has 0 aliphatic heterocycles. The van der Waals surface area contributed by atoms with E-state index in [-0.39, 0.29) is 0 Å². The first-order chi connectivity index (χ1) is 5.61. The summed E-state index contributed by atoms with van der Waals surface area (Å²) in [4.78, 5) is 17.0. The Morgan fingerprint density at radius 3 is 1.62 bits per heavy atom. The van der Waals surface area contributed by atoms with Crippen LogP contribution in [0.25, 0.3) is 0 Å². The van der Waals surface area contributed by atoms with E-state index in [1.165, 1.54) is 0 Å². The molecule has 11 heteroatoms. The van der Waals surface area contributed by atoms with Gasteiger partial charge in [-0.2, -0.15) is 4.89 Å². The minimum absolute atomic E-state index is 1.70. The molecule has 76 valence electrons. The molecule has 13 heavy (non-hydrogen) atoms. The number of halogens is 3. The van der Waals surface area contributed by atoms with Gasteiger partial charge in [0.2, 0.25) is 2.14 Å². The van der Waals surface area contributed by atoms with Gasteiger partial charge in [-0.3, -0.25) is 0 Å². The molecule has 0 rings (SSSR count). The van der Waals surface area contributed by atoms with E-state index in [0.717, 1.165) is 0 Å². The number of rotatable bonds is 3. The Hall–Kier alpha value is 1.48. The van der Waals surface area contributed by atoms with E-state index in [0.29, 0.717) is 0 Å². The van der Waals surface area contributed by atoms with E-state index in [2.05, 4.69) is 52.3 Å². The van der Waals surface area contributed by atoms with Gasteiger partial charge in [0.15, 0.2) is 0 Å². The van der Waals surface area contributed by atoms with Crippen LogP contribution in [0.5, 0.6) is 0 Å². The highest BCUT2D eigenvalue weighted by Gasteiger charge is 2.69. The molecule has 0 aromatic carbocycles. The van der Waals surface area contributed by atoms with Crippen molar-refractivity contribution in [3.63, 3.8) is 0 Å². The molecule has 0 amide bonds. The summed E-state index contributed by atoms with van der Waals surface area (Å²) < 4.78 is 23.2. The highest BCUT2D eigenvalue weighted by atomic mass is 80.0. The number of hydrogen-bond acceptors (Lipinski definition) is 4. The van der Waals surface area contributed by atoms with E-state index in [9.17, 15) is 14.2 Å². The topological polar surface area (TPSA) is 104 Å². The predicted molar refractivity (Wildman–Crippen MR) is 55.2 cm³/mol. The molecule has 3 atom stereocenters. The van der Waals surface area contributed by atoms with Crippen LogP contribution in [0.1, 0.15) is 0 Å². The molecular formula is C2H3Br3O6P2+2. The van der Waals surface area contributed by atoms with Crippen LogP contribution in [0.15, 0.2) is 0 Å². The van der Waals surface area contributed by atoms with Gasteiger partial charge < -0.3 is 5.11 Å². The molecule has 0 aliphatic rings. The lowest BCUT2D eigenvalue weighted by atomic mass is 10.8. The number of aliphatic hydroxyl groups is 1. The second-order valence-electron chi connectivity index (χ2n) is 1.71. The molecule has 0 aliphatic carbocycles. The largest absolute Gasteiger partial charge is 0.702 e. The lowest BCUT2D eigenvalue weighted by molar-refractivity contribution is -0.0564. The smallest absolute Gasteiger partial charge is 0.318 e. The van der Waals surface area contributed by atoms with Gasteiger partial charge in [0.1, 0.15) is 0 Å². The Balaban J connectivity index is 4.96. The van der Waals surface area contributed by atoms with Gasteiger partial charge in [-0.15, -0.1) is 4.89 Å². The van der Waals surface area contributed by atoms with Gasteiger partial charge in [0.25, 0.3) is 0 Å². The maximum atomic E-state index is 10.6. The maximum Gasteiger partial charge on any atom is 0.702 e. The molecule has 0 aromatic rings. The Labute approximate surface area is 99.9 Å². The maximum absolute atomic E-state index is 10.6. The van der Waals surface area contributed by atoms with Crippen LogP contribution in [0.2, 0.25) is 0 Å². The minimum Gasteiger partial charge on any atom is -0.318 e. The summed E-state index contributed by atoms with van der Waals surface area (Å²) in [5.41, 5.74) is -2.76. The molecule has 0 spiro atoms. The fourth-order valence-corrected chi connectivity index (χ4v) is 3.35. The first kappa shape index (κ1) is 14.5. The summed E-state index contributed by atoms with van der Waals surface area (Å²) in [5.74, 6) is 0. The van der Waals surface area contributed by atoms with Crippen molar-refractivity contribution in [1.29, 1.82) is 0 Å². The van der Waals surface area contributed by atoms with Crippen LogP contribution in [0.3, 0.4) is 0 Å². The average Bonchev–Trinajstić information content (AvgIpc) is 1.82. The van der Waals surface area contributed by atoms with Gasteiger partial charge in [-0.05, 0) is 56.9 Å². The van der Waals surface area contributed by atoms with Gasteiger partial charge in [0.05, 0.1) is 0 Å². The van der Waals surface area contributed by atoms with Crippen molar-refractivity contribution in [2.24, 2.45) is 0 Å². The molecule has 3 N–H and O–H groups in total. The van der Waals surface area contributed by atoms with Crippen molar-refractivity contribution in [1.82, 2.24) is 0 Å². The molecule has 0 saturated carbocycles. The molecule has 0 fully saturated rings. The molecule has 0 heterocycles. The first-order valence-electron chi connectivity index (χ1n) is 2.42. The fraction of sp³-hybridized carbons (Fsp3) is 1.00. The molecule has 6 nitrogen and oxygen atoms in total. The summed E-state index contributed by atoms with van der Waals surface area (Å²) >= 11 is 8.12. The lowest BCUT2D eigenvalue weighted by Gasteiger charge is -2.16. The highest BCUT2D eigenvalue weighted by molar-refractivity contribution is 9.39. The Kier molecular flexibility index (Phi) is 5.58. The van der Waals surface area contributed by atoms with Crippen molar-refractivity contribution < 1.29 is 28.5 Å². The van der Waals surface area contributed by atoms with Crippen molar-refractivity contribution in [3.8, 4) is 0 Å². The summed E-state index contributed by atoms with van der Waals surface area (Å²) in [7, 11) is -6.49. The first-order valence-corrected chi connectivity index (χ1v) is 7.14. The van der Waals surface area contributed by atoms with Crippen molar-refractivity contribution in [2.45, 2.75) is 7.67 Å². The van der Waals surface area contributed by atoms with E-state index >= 15 is 0 Å². The third-order valence-electron chi connectivity index (χ3n) is 0.834. The molecule has 0 radical (unpaired) electrons. The van der Waals surface area contributed by atoms with Crippen molar-refractivity contribution in [2.75, 3.05) is 0 Å². The Morgan fingerprint density at radius 2 is 1.54 bits per heavy atom. The molecular weight excluding hydrogens is 422 g/mol. The summed E-state index contributed by atoms with van der Waals surface area (Å²) in [6.07, 6.45) is 0. The van der Waals surface area contributed by atoms with Gasteiger partial charge in [-0.25, -0.2) is 0 Å². The average molecular weight is 425 g/mol. The quantitative estimate of drug-likeness (QED) is 0.363. The zero-order valence-electron chi connectivity index (χ0n) is 5.59.